The molecular weight excluding hydrogens is 283 g/mol. The molecule has 0 aliphatic carbocycles. The molecule has 0 aromatic heterocycles. The molecule has 118 valence electrons. The topological polar surface area (TPSA) is 56.4 Å². The van der Waals surface area contributed by atoms with E-state index in [0.717, 1.165) is 44.6 Å². The lowest BCUT2D eigenvalue weighted by Gasteiger charge is -2.31. The van der Waals surface area contributed by atoms with Crippen LogP contribution in [0.15, 0.2) is 12.1 Å². The lowest BCUT2D eigenvalue weighted by molar-refractivity contribution is 0.0674. The van der Waals surface area contributed by atoms with Gasteiger partial charge in [0.05, 0.1) is 11.7 Å². The smallest absolute Gasteiger partial charge is 0.254 e. The maximum absolute atomic E-state index is 14.2. The predicted molar refractivity (Wildman–Crippen MR) is 82.4 cm³/mol. The number of carbonyl (C=O) groups is 1. The number of halogens is 1. The van der Waals surface area contributed by atoms with Crippen molar-refractivity contribution in [3.05, 3.63) is 29.1 Å². The molecule has 0 saturated carbocycles. The fraction of sp³-hybridized carbons (Fsp3) is 0.562. The van der Waals surface area contributed by atoms with Crippen molar-refractivity contribution in [2.24, 2.45) is 0 Å². The second kappa shape index (κ2) is 5.52. The normalized spacial score (nSPS) is 25.0. The zero-order chi connectivity index (χ0) is 15.1. The molecule has 22 heavy (non-hydrogen) atoms. The van der Waals surface area contributed by atoms with Gasteiger partial charge in [-0.25, -0.2) is 4.39 Å². The highest BCUT2D eigenvalue weighted by Crippen LogP contribution is 2.31. The van der Waals surface area contributed by atoms with Gasteiger partial charge in [-0.3, -0.25) is 4.79 Å². The summed E-state index contributed by atoms with van der Waals surface area (Å²) in [5, 5.41) is 9.70. The minimum atomic E-state index is -0.331. The van der Waals surface area contributed by atoms with Crippen molar-refractivity contribution in [3.63, 3.8) is 0 Å². The number of nitrogens with zero attached hydrogens (tertiary/aromatic N) is 1. The van der Waals surface area contributed by atoms with Crippen molar-refractivity contribution in [1.82, 2.24) is 15.5 Å². The van der Waals surface area contributed by atoms with Crippen LogP contribution in [0.1, 0.15) is 28.8 Å². The molecule has 1 amide bonds. The van der Waals surface area contributed by atoms with Crippen LogP contribution in [0.3, 0.4) is 0 Å². The van der Waals surface area contributed by atoms with Gasteiger partial charge in [-0.2, -0.15) is 0 Å². The Morgan fingerprint density at radius 1 is 1.23 bits per heavy atom. The van der Waals surface area contributed by atoms with E-state index in [2.05, 4.69) is 16.0 Å². The van der Waals surface area contributed by atoms with Crippen LogP contribution < -0.4 is 16.0 Å². The first-order valence-electron chi connectivity index (χ1n) is 8.04. The molecule has 4 rings (SSSR count). The van der Waals surface area contributed by atoms with Crippen LogP contribution in [0.4, 0.5) is 10.1 Å². The molecule has 0 radical (unpaired) electrons. The zero-order valence-electron chi connectivity index (χ0n) is 12.5. The number of rotatable bonds is 3. The Hall–Kier alpha value is -1.66. The van der Waals surface area contributed by atoms with Crippen molar-refractivity contribution in [3.8, 4) is 0 Å². The number of nitrogens with one attached hydrogen (secondary N) is 3. The summed E-state index contributed by atoms with van der Waals surface area (Å²) in [5.74, 6) is -0.359. The monoisotopic (exact) mass is 304 g/mol. The Morgan fingerprint density at radius 2 is 2.09 bits per heavy atom. The molecule has 2 fully saturated rings. The average molecular weight is 304 g/mol. The summed E-state index contributed by atoms with van der Waals surface area (Å²) in [7, 11) is 0. The first-order chi connectivity index (χ1) is 10.7. The van der Waals surface area contributed by atoms with Crippen molar-refractivity contribution in [2.75, 3.05) is 31.5 Å². The molecule has 1 aromatic carbocycles. The van der Waals surface area contributed by atoms with Gasteiger partial charge < -0.3 is 20.9 Å². The van der Waals surface area contributed by atoms with Crippen LogP contribution in [0.2, 0.25) is 0 Å². The number of benzene rings is 1. The summed E-state index contributed by atoms with van der Waals surface area (Å²) in [6, 6.07) is 3.73. The Kier molecular flexibility index (Phi) is 3.50. The molecule has 0 bridgehead atoms. The largest absolute Gasteiger partial charge is 0.377 e. The van der Waals surface area contributed by atoms with E-state index in [1.165, 1.54) is 6.07 Å². The third kappa shape index (κ3) is 2.36. The highest BCUT2D eigenvalue weighted by atomic mass is 19.1. The molecule has 3 aliphatic rings. The molecule has 3 aliphatic heterocycles. The number of fused-ring (bicyclic) bond motifs is 1. The van der Waals surface area contributed by atoms with E-state index in [-0.39, 0.29) is 23.8 Å². The Bertz CT molecular complexity index is 596. The molecule has 3 heterocycles. The number of hydrogen-bond acceptors (Lipinski definition) is 4. The predicted octanol–water partition coefficient (Wildman–Crippen LogP) is 0.917. The SMILES string of the molecule is O=C1c2cc(F)c(NC3CNC3)cc2CN1C1CCCNC1. The van der Waals surface area contributed by atoms with Crippen LogP contribution in [0, 0.1) is 5.82 Å². The van der Waals surface area contributed by atoms with Crippen LogP contribution >= 0.6 is 0 Å². The molecular formula is C16H21FN4O. The van der Waals surface area contributed by atoms with E-state index in [1.54, 1.807) is 0 Å². The fourth-order valence-corrected chi connectivity index (χ4v) is 3.47. The van der Waals surface area contributed by atoms with Crippen molar-refractivity contribution >= 4 is 11.6 Å². The summed E-state index contributed by atoms with van der Waals surface area (Å²) >= 11 is 0. The standard InChI is InChI=1S/C16H21FN4O/c17-14-5-13-10(4-15(14)20-11-6-19-7-11)9-21(16(13)22)12-2-1-3-18-8-12/h4-5,11-12,18-20H,1-3,6-9H2. The number of carbonyl (C=O) groups excluding carboxylic acids is 1. The van der Waals surface area contributed by atoms with Crippen LogP contribution in [0.25, 0.3) is 0 Å². The number of hydrogen-bond donors (Lipinski definition) is 3. The van der Waals surface area contributed by atoms with Crippen molar-refractivity contribution < 1.29 is 9.18 Å². The van der Waals surface area contributed by atoms with Gasteiger partial charge in [0.25, 0.3) is 5.91 Å². The maximum atomic E-state index is 14.2. The molecule has 1 atom stereocenters. The minimum absolute atomic E-state index is 0.0283. The first kappa shape index (κ1) is 14.0. The molecule has 0 spiro atoms. The van der Waals surface area contributed by atoms with E-state index >= 15 is 0 Å². The van der Waals surface area contributed by atoms with E-state index in [1.807, 2.05) is 11.0 Å². The molecule has 1 aromatic rings. The fourth-order valence-electron chi connectivity index (χ4n) is 3.47. The van der Waals surface area contributed by atoms with Crippen molar-refractivity contribution in [1.29, 1.82) is 0 Å². The zero-order valence-corrected chi connectivity index (χ0v) is 12.5. The van der Waals surface area contributed by atoms with Gasteiger partial charge in [-0.15, -0.1) is 0 Å². The summed E-state index contributed by atoms with van der Waals surface area (Å²) in [6.07, 6.45) is 2.11. The summed E-state index contributed by atoms with van der Waals surface area (Å²) in [5.41, 5.74) is 1.98. The van der Waals surface area contributed by atoms with Gasteiger partial charge in [0.2, 0.25) is 0 Å². The van der Waals surface area contributed by atoms with Gasteiger partial charge in [-0.1, -0.05) is 0 Å². The molecule has 5 nitrogen and oxygen atoms in total. The highest BCUT2D eigenvalue weighted by molar-refractivity contribution is 5.99. The van der Waals surface area contributed by atoms with Crippen LogP contribution in [-0.2, 0) is 6.54 Å². The number of anilines is 1. The summed E-state index contributed by atoms with van der Waals surface area (Å²) < 4.78 is 14.2. The van der Waals surface area contributed by atoms with Gasteiger partial charge in [0.15, 0.2) is 0 Å². The third-order valence-corrected chi connectivity index (χ3v) is 4.88. The lowest BCUT2D eigenvalue weighted by Crippen LogP contribution is -2.51. The van der Waals surface area contributed by atoms with Crippen LogP contribution in [0.5, 0.6) is 0 Å². The molecule has 3 N–H and O–H groups in total. The van der Waals surface area contributed by atoms with Crippen molar-refractivity contribution in [2.45, 2.75) is 31.5 Å². The third-order valence-electron chi connectivity index (χ3n) is 4.88. The van der Waals surface area contributed by atoms with Gasteiger partial charge in [0, 0.05) is 37.8 Å². The second-order valence-electron chi connectivity index (χ2n) is 6.42. The molecule has 6 heteroatoms. The second-order valence-corrected chi connectivity index (χ2v) is 6.42. The highest BCUT2D eigenvalue weighted by Gasteiger charge is 2.34. The lowest BCUT2D eigenvalue weighted by atomic mass is 10.1. The number of amides is 1. The van der Waals surface area contributed by atoms with E-state index in [9.17, 15) is 9.18 Å². The van der Waals surface area contributed by atoms with E-state index in [4.69, 9.17) is 0 Å². The van der Waals surface area contributed by atoms with Gasteiger partial charge in [-0.05, 0) is 37.1 Å². The molecule has 2 saturated heterocycles. The van der Waals surface area contributed by atoms with E-state index in [0.29, 0.717) is 17.8 Å². The minimum Gasteiger partial charge on any atom is -0.377 e. The average Bonchev–Trinajstić information content (AvgIpc) is 2.80. The van der Waals surface area contributed by atoms with Gasteiger partial charge in [0.1, 0.15) is 5.82 Å². The Labute approximate surface area is 129 Å². The maximum Gasteiger partial charge on any atom is 0.254 e. The van der Waals surface area contributed by atoms with E-state index < -0.39 is 0 Å². The number of piperidine rings is 1. The summed E-state index contributed by atoms with van der Waals surface area (Å²) in [6.45, 7) is 4.16. The molecule has 1 unspecified atom stereocenters. The van der Waals surface area contributed by atoms with Crippen LogP contribution in [-0.4, -0.2) is 49.1 Å². The Morgan fingerprint density at radius 3 is 2.77 bits per heavy atom. The Balaban J connectivity index is 1.56. The summed E-state index contributed by atoms with van der Waals surface area (Å²) in [4.78, 5) is 14.4. The van der Waals surface area contributed by atoms with Gasteiger partial charge >= 0.3 is 0 Å². The first-order valence-corrected chi connectivity index (χ1v) is 8.04. The quantitative estimate of drug-likeness (QED) is 0.777.